The molecule has 0 amide bonds. The third-order valence-electron chi connectivity index (χ3n) is 1.59. The summed E-state index contributed by atoms with van der Waals surface area (Å²) in [5, 5.41) is 0. The van der Waals surface area contributed by atoms with E-state index in [0.717, 1.165) is 19.3 Å². The Hall–Kier alpha value is -0.300. The minimum atomic E-state index is 0.547. The number of nitrogens with one attached hydrogen (secondary N) is 1. The molecule has 0 aromatic carbocycles. The van der Waals surface area contributed by atoms with E-state index in [0.29, 0.717) is 6.54 Å². The molecule has 0 saturated carbocycles. The Labute approximate surface area is 64.3 Å². The fraction of sp³-hybridized carbons (Fsp3) is 0.778. The molecule has 1 radical (unpaired) electrons. The molecule has 10 heavy (non-hydrogen) atoms. The second kappa shape index (κ2) is 6.81. The van der Waals surface area contributed by atoms with Crippen LogP contribution < -0.4 is 5.73 Å². The van der Waals surface area contributed by atoms with Crippen LogP contribution in [-0.2, 0) is 0 Å². The molecule has 0 atom stereocenters. The van der Waals surface area contributed by atoms with Crippen LogP contribution in [0.15, 0.2) is 12.2 Å². The molecule has 1 heteroatoms. The molecule has 0 fully saturated rings. The van der Waals surface area contributed by atoms with Crippen molar-refractivity contribution < 1.29 is 0 Å². The Kier molecular flexibility index (Phi) is 6.61. The Balaban J connectivity index is 3.09. The molecule has 1 nitrogen and oxygen atoms in total. The van der Waals surface area contributed by atoms with Crippen LogP contribution in [0.1, 0.15) is 39.0 Å². The van der Waals surface area contributed by atoms with Crippen molar-refractivity contribution in [2.24, 2.45) is 0 Å². The first-order valence-electron chi connectivity index (χ1n) is 4.12. The Bertz CT molecular complexity index is 76.7. The lowest BCUT2D eigenvalue weighted by molar-refractivity contribution is 0.725. The van der Waals surface area contributed by atoms with Crippen LogP contribution in [0.3, 0.4) is 0 Å². The third kappa shape index (κ3) is 5.83. The fourth-order valence-electron chi connectivity index (χ4n) is 0.890. The zero-order valence-electron chi connectivity index (χ0n) is 6.95. The van der Waals surface area contributed by atoms with E-state index in [1.165, 1.54) is 18.4 Å². The molecule has 0 heterocycles. The molecule has 59 valence electrons. The van der Waals surface area contributed by atoms with E-state index >= 15 is 0 Å². The highest BCUT2D eigenvalue weighted by molar-refractivity contribution is 4.93. The van der Waals surface area contributed by atoms with Gasteiger partial charge in [0.25, 0.3) is 0 Å². The summed E-state index contributed by atoms with van der Waals surface area (Å²) >= 11 is 0. The van der Waals surface area contributed by atoms with Crippen molar-refractivity contribution >= 4 is 0 Å². The molecular formula is C9H18N. The van der Waals surface area contributed by atoms with Crippen molar-refractivity contribution in [1.82, 2.24) is 5.73 Å². The lowest BCUT2D eigenvalue weighted by Gasteiger charge is -2.01. The van der Waals surface area contributed by atoms with Gasteiger partial charge < -0.3 is 0 Å². The molecule has 0 aliphatic rings. The van der Waals surface area contributed by atoms with Gasteiger partial charge in [0.05, 0.1) is 0 Å². The molecule has 0 unspecified atom stereocenters. The van der Waals surface area contributed by atoms with E-state index < -0.39 is 0 Å². The first-order chi connectivity index (χ1) is 4.81. The average molecular weight is 140 g/mol. The predicted molar refractivity (Wildman–Crippen MR) is 45.9 cm³/mol. The zero-order chi connectivity index (χ0) is 7.82. The molecule has 0 aromatic heterocycles. The van der Waals surface area contributed by atoms with Crippen molar-refractivity contribution in [1.29, 1.82) is 0 Å². The monoisotopic (exact) mass is 140 g/mol. The topological polar surface area (TPSA) is 23.8 Å². The van der Waals surface area contributed by atoms with Gasteiger partial charge in [-0.25, -0.2) is 0 Å². The van der Waals surface area contributed by atoms with Gasteiger partial charge in [0.1, 0.15) is 0 Å². The van der Waals surface area contributed by atoms with Gasteiger partial charge in [0, 0.05) is 6.54 Å². The first kappa shape index (κ1) is 9.70. The van der Waals surface area contributed by atoms with Crippen LogP contribution in [0, 0.1) is 0 Å². The largest absolute Gasteiger partial charge is 0.258 e. The molecule has 0 spiro atoms. The highest BCUT2D eigenvalue weighted by Gasteiger charge is 1.92. The van der Waals surface area contributed by atoms with E-state index in [4.69, 9.17) is 5.73 Å². The van der Waals surface area contributed by atoms with Gasteiger partial charge in [-0.05, 0) is 25.7 Å². The zero-order valence-corrected chi connectivity index (χ0v) is 6.95. The summed E-state index contributed by atoms with van der Waals surface area (Å²) in [7, 11) is 0. The maximum absolute atomic E-state index is 6.93. The second-order valence-corrected chi connectivity index (χ2v) is 2.71. The smallest absolute Gasteiger partial charge is 0.0103 e. The van der Waals surface area contributed by atoms with Gasteiger partial charge in [-0.15, -0.1) is 0 Å². The van der Waals surface area contributed by atoms with Crippen molar-refractivity contribution in [3.63, 3.8) is 0 Å². The summed E-state index contributed by atoms with van der Waals surface area (Å²) < 4.78 is 0. The maximum Gasteiger partial charge on any atom is 0.0103 e. The number of hydrogen-bond donors (Lipinski definition) is 0. The van der Waals surface area contributed by atoms with Crippen molar-refractivity contribution in [2.45, 2.75) is 39.0 Å². The maximum atomic E-state index is 6.93. The van der Waals surface area contributed by atoms with Gasteiger partial charge in [0.15, 0.2) is 0 Å². The van der Waals surface area contributed by atoms with E-state index in [9.17, 15) is 0 Å². The lowest BCUT2D eigenvalue weighted by atomic mass is 10.1. The van der Waals surface area contributed by atoms with Crippen LogP contribution >= 0.6 is 0 Å². The fourth-order valence-corrected chi connectivity index (χ4v) is 0.890. The molecule has 0 rings (SSSR count). The van der Waals surface area contributed by atoms with Gasteiger partial charge in [-0.3, -0.25) is 5.73 Å². The average Bonchev–Trinajstić information content (AvgIpc) is 1.97. The second-order valence-electron chi connectivity index (χ2n) is 2.71. The van der Waals surface area contributed by atoms with E-state index in [1.807, 2.05) is 0 Å². The predicted octanol–water partition coefficient (Wildman–Crippen LogP) is 2.80. The number of unbranched alkanes of at least 4 members (excludes halogenated alkanes) is 1. The van der Waals surface area contributed by atoms with Crippen molar-refractivity contribution in [2.75, 3.05) is 6.54 Å². The molecular weight excluding hydrogens is 122 g/mol. The van der Waals surface area contributed by atoms with E-state index in [2.05, 4.69) is 13.5 Å². The number of allylic oxidation sites excluding steroid dienone is 1. The highest BCUT2D eigenvalue weighted by atomic mass is 14.5. The lowest BCUT2D eigenvalue weighted by Crippen LogP contribution is -1.87. The minimum absolute atomic E-state index is 0.547. The molecule has 0 aliphatic heterocycles. The van der Waals surface area contributed by atoms with Crippen molar-refractivity contribution in [3.8, 4) is 0 Å². The van der Waals surface area contributed by atoms with Gasteiger partial charge >= 0.3 is 0 Å². The highest BCUT2D eigenvalue weighted by Crippen LogP contribution is 2.10. The van der Waals surface area contributed by atoms with Gasteiger partial charge in [0.2, 0.25) is 0 Å². The Morgan fingerprint density at radius 3 is 2.40 bits per heavy atom. The van der Waals surface area contributed by atoms with Crippen LogP contribution in [0.4, 0.5) is 0 Å². The Morgan fingerprint density at radius 2 is 1.90 bits per heavy atom. The van der Waals surface area contributed by atoms with E-state index in [1.54, 1.807) is 0 Å². The summed E-state index contributed by atoms with van der Waals surface area (Å²) in [6.07, 6.45) is 5.72. The number of rotatable bonds is 6. The summed E-state index contributed by atoms with van der Waals surface area (Å²) in [6.45, 7) is 6.69. The summed E-state index contributed by atoms with van der Waals surface area (Å²) in [4.78, 5) is 0. The SMILES string of the molecule is C=C(CCCC)CCC[NH]. The van der Waals surface area contributed by atoms with Crippen LogP contribution in [0.25, 0.3) is 0 Å². The normalized spacial score (nSPS) is 9.80. The Morgan fingerprint density at radius 1 is 1.30 bits per heavy atom. The molecule has 1 N–H and O–H groups in total. The minimum Gasteiger partial charge on any atom is -0.258 e. The molecule has 0 saturated heterocycles. The third-order valence-corrected chi connectivity index (χ3v) is 1.59. The summed E-state index contributed by atoms with van der Waals surface area (Å²) in [5.74, 6) is 0. The standard InChI is InChI=1S/C9H18N/c1-3-4-6-9(2)7-5-8-10/h10H,2-8H2,1H3. The molecule has 0 aliphatic carbocycles. The number of hydrogen-bond acceptors (Lipinski definition) is 0. The van der Waals surface area contributed by atoms with E-state index in [-0.39, 0.29) is 0 Å². The van der Waals surface area contributed by atoms with Crippen LogP contribution in [-0.4, -0.2) is 6.54 Å². The van der Waals surface area contributed by atoms with Crippen LogP contribution in [0.2, 0.25) is 0 Å². The first-order valence-corrected chi connectivity index (χ1v) is 4.12. The van der Waals surface area contributed by atoms with Gasteiger partial charge in [-0.1, -0.05) is 25.5 Å². The molecule has 0 bridgehead atoms. The quantitative estimate of drug-likeness (QED) is 0.507. The molecule has 0 aromatic rings. The van der Waals surface area contributed by atoms with Crippen LogP contribution in [0.5, 0.6) is 0 Å². The van der Waals surface area contributed by atoms with Gasteiger partial charge in [-0.2, -0.15) is 0 Å². The summed E-state index contributed by atoms with van der Waals surface area (Å²) in [5.41, 5.74) is 8.26. The summed E-state index contributed by atoms with van der Waals surface area (Å²) in [6, 6.07) is 0. The van der Waals surface area contributed by atoms with Crippen molar-refractivity contribution in [3.05, 3.63) is 12.2 Å².